The molecule has 21 heavy (non-hydrogen) atoms. The average molecular weight is 294 g/mol. The summed E-state index contributed by atoms with van der Waals surface area (Å²) in [6.45, 7) is 3.67. The number of hydrogen-bond acceptors (Lipinski definition) is 5. The van der Waals surface area contributed by atoms with E-state index in [0.29, 0.717) is 23.9 Å². The number of amides is 2. The van der Waals surface area contributed by atoms with Crippen LogP contribution >= 0.6 is 0 Å². The van der Waals surface area contributed by atoms with Crippen LogP contribution in [0.3, 0.4) is 0 Å². The van der Waals surface area contributed by atoms with Gasteiger partial charge in [-0.1, -0.05) is 5.16 Å². The second kappa shape index (κ2) is 7.21. The fourth-order valence-electron chi connectivity index (χ4n) is 2.41. The quantitative estimate of drug-likeness (QED) is 0.837. The molecule has 1 aromatic rings. The van der Waals surface area contributed by atoms with Gasteiger partial charge >= 0.3 is 0 Å². The minimum Gasteiger partial charge on any atom is -0.360 e. The summed E-state index contributed by atoms with van der Waals surface area (Å²) in [4.78, 5) is 25.4. The van der Waals surface area contributed by atoms with Gasteiger partial charge in [-0.15, -0.1) is 0 Å². The van der Waals surface area contributed by atoms with E-state index in [4.69, 9.17) is 4.52 Å². The molecular weight excluding hydrogens is 272 g/mol. The summed E-state index contributed by atoms with van der Waals surface area (Å²) >= 11 is 0. The first-order valence-corrected chi connectivity index (χ1v) is 7.22. The highest BCUT2D eigenvalue weighted by Gasteiger charge is 2.20. The van der Waals surface area contributed by atoms with Gasteiger partial charge in [0.2, 0.25) is 11.8 Å². The normalized spacial score (nSPS) is 18.3. The van der Waals surface area contributed by atoms with Crippen LogP contribution in [0.1, 0.15) is 25.0 Å². The summed E-state index contributed by atoms with van der Waals surface area (Å²) in [6.07, 6.45) is 2.66. The van der Waals surface area contributed by atoms with E-state index in [-0.39, 0.29) is 18.4 Å². The van der Waals surface area contributed by atoms with Crippen LogP contribution in [-0.4, -0.2) is 48.6 Å². The second-order valence-corrected chi connectivity index (χ2v) is 5.54. The Labute approximate surface area is 124 Å². The maximum absolute atomic E-state index is 12.1. The lowest BCUT2D eigenvalue weighted by atomic mass is 9.96. The van der Waals surface area contributed by atoms with Gasteiger partial charge in [0, 0.05) is 19.5 Å². The first kappa shape index (κ1) is 15.5. The summed E-state index contributed by atoms with van der Waals surface area (Å²) < 4.78 is 4.87. The Hall–Kier alpha value is -1.89. The highest BCUT2D eigenvalue weighted by Crippen LogP contribution is 2.15. The third kappa shape index (κ3) is 4.86. The number of anilines is 1. The molecule has 1 unspecified atom stereocenters. The van der Waals surface area contributed by atoms with Crippen molar-refractivity contribution in [2.45, 2.75) is 26.2 Å². The van der Waals surface area contributed by atoms with Crippen LogP contribution in [-0.2, 0) is 9.59 Å². The van der Waals surface area contributed by atoms with Crippen LogP contribution in [0.4, 0.5) is 5.82 Å². The molecule has 7 nitrogen and oxygen atoms in total. The SMILES string of the molecule is Cc1cc(NC(=O)CN(C)C(=O)CC2CCCNC2)no1. The van der Waals surface area contributed by atoms with Crippen LogP contribution in [0.2, 0.25) is 0 Å². The Kier molecular flexibility index (Phi) is 5.32. The lowest BCUT2D eigenvalue weighted by Gasteiger charge is -2.24. The van der Waals surface area contributed by atoms with Crippen molar-refractivity contribution in [1.82, 2.24) is 15.4 Å². The third-order valence-corrected chi connectivity index (χ3v) is 3.56. The van der Waals surface area contributed by atoms with Gasteiger partial charge < -0.3 is 20.1 Å². The first-order chi connectivity index (χ1) is 10.0. The number of rotatable bonds is 5. The summed E-state index contributed by atoms with van der Waals surface area (Å²) in [5.41, 5.74) is 0. The third-order valence-electron chi connectivity index (χ3n) is 3.56. The summed E-state index contributed by atoms with van der Waals surface area (Å²) in [6, 6.07) is 1.63. The summed E-state index contributed by atoms with van der Waals surface area (Å²) in [5.74, 6) is 1.08. The number of aromatic nitrogens is 1. The molecule has 1 fully saturated rings. The minimum atomic E-state index is -0.277. The lowest BCUT2D eigenvalue weighted by Crippen LogP contribution is -2.38. The zero-order valence-corrected chi connectivity index (χ0v) is 12.5. The molecule has 0 radical (unpaired) electrons. The van der Waals surface area contributed by atoms with E-state index in [1.54, 1.807) is 20.0 Å². The largest absolute Gasteiger partial charge is 0.360 e. The van der Waals surface area contributed by atoms with Crippen molar-refractivity contribution in [3.05, 3.63) is 11.8 Å². The smallest absolute Gasteiger partial charge is 0.245 e. The van der Waals surface area contributed by atoms with Crippen LogP contribution in [0.5, 0.6) is 0 Å². The number of likely N-dealkylation sites (N-methyl/N-ethyl adjacent to an activating group) is 1. The van der Waals surface area contributed by atoms with Gasteiger partial charge in [0.1, 0.15) is 5.76 Å². The minimum absolute atomic E-state index is 0.00446. The van der Waals surface area contributed by atoms with Gasteiger partial charge in [-0.25, -0.2) is 0 Å². The standard InChI is InChI=1S/C14H22N4O3/c1-10-6-12(17-21-10)16-13(19)9-18(2)14(20)7-11-4-3-5-15-8-11/h6,11,15H,3-5,7-9H2,1-2H3,(H,16,17,19). The zero-order chi connectivity index (χ0) is 15.2. The number of nitrogens with zero attached hydrogens (tertiary/aromatic N) is 2. The van der Waals surface area contributed by atoms with Crippen molar-refractivity contribution < 1.29 is 14.1 Å². The maximum atomic E-state index is 12.1. The molecule has 0 aromatic carbocycles. The number of carbonyl (C=O) groups excluding carboxylic acids is 2. The molecule has 1 aromatic heterocycles. The van der Waals surface area contributed by atoms with Gasteiger partial charge in [-0.2, -0.15) is 0 Å². The maximum Gasteiger partial charge on any atom is 0.245 e. The van der Waals surface area contributed by atoms with Crippen molar-refractivity contribution in [1.29, 1.82) is 0 Å². The highest BCUT2D eigenvalue weighted by molar-refractivity contribution is 5.93. The topological polar surface area (TPSA) is 87.5 Å². The van der Waals surface area contributed by atoms with E-state index in [2.05, 4.69) is 15.8 Å². The molecule has 1 aliphatic heterocycles. The Morgan fingerprint density at radius 3 is 3.00 bits per heavy atom. The van der Waals surface area contributed by atoms with Crippen molar-refractivity contribution in [2.75, 3.05) is 32.0 Å². The summed E-state index contributed by atoms with van der Waals surface area (Å²) in [7, 11) is 1.65. The molecule has 1 aliphatic rings. The number of hydrogen-bond donors (Lipinski definition) is 2. The highest BCUT2D eigenvalue weighted by atomic mass is 16.5. The molecule has 1 atom stereocenters. The predicted molar refractivity (Wildman–Crippen MR) is 77.7 cm³/mol. The van der Waals surface area contributed by atoms with Crippen LogP contribution in [0, 0.1) is 12.8 Å². The molecule has 7 heteroatoms. The average Bonchev–Trinajstić information content (AvgIpc) is 2.84. The Morgan fingerprint density at radius 1 is 1.57 bits per heavy atom. The fourth-order valence-corrected chi connectivity index (χ4v) is 2.41. The monoisotopic (exact) mass is 294 g/mol. The Morgan fingerprint density at radius 2 is 2.38 bits per heavy atom. The first-order valence-electron chi connectivity index (χ1n) is 7.22. The molecule has 2 N–H and O–H groups in total. The lowest BCUT2D eigenvalue weighted by molar-refractivity contribution is -0.134. The van der Waals surface area contributed by atoms with Crippen LogP contribution in [0.15, 0.2) is 10.6 Å². The molecule has 116 valence electrons. The number of nitrogens with one attached hydrogen (secondary N) is 2. The molecule has 2 rings (SSSR count). The molecular formula is C14H22N4O3. The van der Waals surface area contributed by atoms with Crippen molar-refractivity contribution in [3.8, 4) is 0 Å². The van der Waals surface area contributed by atoms with Gasteiger partial charge in [-0.3, -0.25) is 9.59 Å². The van der Waals surface area contributed by atoms with E-state index < -0.39 is 0 Å². The van der Waals surface area contributed by atoms with E-state index in [0.717, 1.165) is 25.9 Å². The van der Waals surface area contributed by atoms with Crippen molar-refractivity contribution in [3.63, 3.8) is 0 Å². The zero-order valence-electron chi connectivity index (χ0n) is 12.5. The van der Waals surface area contributed by atoms with Crippen LogP contribution < -0.4 is 10.6 Å². The van der Waals surface area contributed by atoms with Crippen LogP contribution in [0.25, 0.3) is 0 Å². The van der Waals surface area contributed by atoms with Gasteiger partial charge in [0.15, 0.2) is 5.82 Å². The number of piperidine rings is 1. The molecule has 0 saturated carbocycles. The Bertz CT molecular complexity index is 494. The molecule has 0 spiro atoms. The molecule has 1 saturated heterocycles. The van der Waals surface area contributed by atoms with E-state index in [1.165, 1.54) is 4.90 Å². The van der Waals surface area contributed by atoms with Gasteiger partial charge in [0.25, 0.3) is 0 Å². The molecule has 2 amide bonds. The number of aryl methyl sites for hydroxylation is 1. The van der Waals surface area contributed by atoms with Gasteiger partial charge in [0.05, 0.1) is 6.54 Å². The molecule has 0 aliphatic carbocycles. The van der Waals surface area contributed by atoms with Crippen molar-refractivity contribution >= 4 is 17.6 Å². The predicted octanol–water partition coefficient (Wildman–Crippen LogP) is 0.770. The van der Waals surface area contributed by atoms with E-state index >= 15 is 0 Å². The second-order valence-electron chi connectivity index (χ2n) is 5.54. The van der Waals surface area contributed by atoms with Gasteiger partial charge in [-0.05, 0) is 38.8 Å². The van der Waals surface area contributed by atoms with E-state index in [1.807, 2.05) is 0 Å². The fraction of sp³-hybridized carbons (Fsp3) is 0.643. The van der Waals surface area contributed by atoms with E-state index in [9.17, 15) is 9.59 Å². The number of carbonyl (C=O) groups is 2. The van der Waals surface area contributed by atoms with Crippen molar-refractivity contribution in [2.24, 2.45) is 5.92 Å². The summed E-state index contributed by atoms with van der Waals surface area (Å²) in [5, 5.41) is 9.57. The Balaban J connectivity index is 1.75. The molecule has 2 heterocycles. The molecule has 0 bridgehead atoms.